The summed E-state index contributed by atoms with van der Waals surface area (Å²) in [5.41, 5.74) is 6.11. The Hall–Kier alpha value is -4.99. The number of aromatic nitrogens is 4. The van der Waals surface area contributed by atoms with Crippen molar-refractivity contribution in [3.05, 3.63) is 152 Å². The van der Waals surface area contributed by atoms with E-state index in [1.807, 2.05) is 117 Å². The maximum absolute atomic E-state index is 8.12. The smallest absolute Gasteiger partial charge is 0.188 e. The van der Waals surface area contributed by atoms with Gasteiger partial charge in [-0.15, -0.1) is 29.7 Å². The summed E-state index contributed by atoms with van der Waals surface area (Å²) in [5.74, 6) is 0.482. The van der Waals surface area contributed by atoms with Gasteiger partial charge in [-0.05, 0) is 60.3 Å². The molecule has 0 atom stereocenters. The molecule has 0 saturated heterocycles. The minimum absolute atomic E-state index is 0. The molecule has 5 nitrogen and oxygen atoms in total. The van der Waals surface area contributed by atoms with E-state index in [2.05, 4.69) is 17.1 Å². The Morgan fingerprint density at radius 1 is 0.727 bits per heavy atom. The van der Waals surface area contributed by atoms with Crippen LogP contribution in [-0.4, -0.2) is 18.7 Å². The predicted octanol–water partition coefficient (Wildman–Crippen LogP) is 9.12. The van der Waals surface area contributed by atoms with Crippen LogP contribution in [0.15, 0.2) is 134 Å². The fraction of sp³-hybridized carbons (Fsp3) is 0.0526. The van der Waals surface area contributed by atoms with Crippen LogP contribution < -0.4 is 4.90 Å². The third-order valence-electron chi connectivity index (χ3n) is 7.69. The van der Waals surface area contributed by atoms with Crippen molar-refractivity contribution in [1.82, 2.24) is 18.7 Å². The van der Waals surface area contributed by atoms with Gasteiger partial charge in [0.05, 0.1) is 0 Å². The average molecular weight is 756 g/mol. The van der Waals surface area contributed by atoms with Crippen molar-refractivity contribution < 1.29 is 29.3 Å². The molecule has 8 rings (SSSR count). The third-order valence-corrected chi connectivity index (χ3v) is 7.69. The van der Waals surface area contributed by atoms with E-state index in [9.17, 15) is 0 Å². The first kappa shape index (κ1) is 21.7. The molecular weight excluding hydrogens is 722 g/mol. The summed E-state index contributed by atoms with van der Waals surface area (Å²) in [6, 6.07) is 45.4. The molecule has 8 aromatic rings. The van der Waals surface area contributed by atoms with Gasteiger partial charge in [0, 0.05) is 71.5 Å². The van der Waals surface area contributed by atoms with Gasteiger partial charge in [-0.3, -0.25) is 0 Å². The molecule has 3 aromatic heterocycles. The summed E-state index contributed by atoms with van der Waals surface area (Å²) in [4.78, 5) is 6.65. The third kappa shape index (κ3) is 4.61. The Morgan fingerprint density at radius 3 is 2.34 bits per heavy atom. The fourth-order valence-electron chi connectivity index (χ4n) is 5.80. The number of para-hydroxylation sites is 4. The second-order valence-corrected chi connectivity index (χ2v) is 10.3. The molecule has 3 heterocycles. The molecule has 0 spiro atoms. The maximum atomic E-state index is 8.12. The quantitative estimate of drug-likeness (QED) is 0.164. The van der Waals surface area contributed by atoms with Gasteiger partial charge in [-0.25, -0.2) is 14.1 Å². The molecule has 0 fully saturated rings. The van der Waals surface area contributed by atoms with Crippen LogP contribution >= 0.6 is 0 Å². The Bertz CT molecular complexity index is 2500. The number of aryl methyl sites for hydroxylation is 2. The normalized spacial score (nSPS) is 13.8. The molecule has 0 aliphatic heterocycles. The van der Waals surface area contributed by atoms with E-state index in [0.29, 0.717) is 22.7 Å². The monoisotopic (exact) mass is 755 g/mol. The first-order valence-electron chi connectivity index (χ1n) is 16.9. The number of nitrogens with zero attached hydrogens (tertiary/aromatic N) is 5. The summed E-state index contributed by atoms with van der Waals surface area (Å²) in [7, 11) is 0. The van der Waals surface area contributed by atoms with Crippen molar-refractivity contribution in [3.63, 3.8) is 0 Å². The number of imidazole rings is 1. The molecule has 0 bridgehead atoms. The SMILES string of the molecule is [2H]C([2H])([2H])c1ccnc(-n2c3[c-]c(N(c4[c-]c(-n5[cH+]n(C([2H])([2H])[2H])c6ccccc65)ccc4)c4ccccc4)ccc3c3ccccc32)c1.[Pt]. The van der Waals surface area contributed by atoms with Crippen LogP contribution in [0.3, 0.4) is 0 Å². The number of rotatable bonds is 5. The van der Waals surface area contributed by atoms with Crippen LogP contribution in [-0.2, 0) is 28.0 Å². The molecule has 0 saturated carbocycles. The zero-order chi connectivity index (χ0) is 33.9. The van der Waals surface area contributed by atoms with E-state index in [1.165, 1.54) is 16.8 Å². The van der Waals surface area contributed by atoms with Gasteiger partial charge < -0.3 is 9.47 Å². The minimum atomic E-state index is -2.36. The van der Waals surface area contributed by atoms with Crippen molar-refractivity contribution in [2.45, 2.75) is 6.85 Å². The number of anilines is 3. The second kappa shape index (κ2) is 11.3. The number of hydrogen-bond donors (Lipinski definition) is 0. The van der Waals surface area contributed by atoms with Crippen LogP contribution in [0.4, 0.5) is 17.1 Å². The molecule has 216 valence electrons. The zero-order valence-electron chi connectivity index (χ0n) is 29.3. The molecular formula is C38H28N5Pt-. The average Bonchev–Trinajstić information content (AvgIpc) is 3.65. The Balaban J connectivity index is 0.00000392. The number of benzene rings is 5. The van der Waals surface area contributed by atoms with E-state index >= 15 is 0 Å². The van der Waals surface area contributed by atoms with Gasteiger partial charge in [0.25, 0.3) is 0 Å². The van der Waals surface area contributed by atoms with E-state index in [1.54, 1.807) is 18.5 Å². The van der Waals surface area contributed by atoms with Crippen LogP contribution in [0.25, 0.3) is 44.3 Å². The number of fused-ring (bicyclic) bond motifs is 4. The summed E-state index contributed by atoms with van der Waals surface area (Å²) in [6.45, 7) is -4.65. The molecule has 0 aliphatic carbocycles. The van der Waals surface area contributed by atoms with E-state index in [0.717, 1.165) is 38.7 Å². The van der Waals surface area contributed by atoms with Gasteiger partial charge in [0.15, 0.2) is 17.4 Å². The van der Waals surface area contributed by atoms with Crippen LogP contribution in [0, 0.1) is 19.0 Å². The Labute approximate surface area is 278 Å². The fourth-order valence-corrected chi connectivity index (χ4v) is 5.80. The zero-order valence-corrected chi connectivity index (χ0v) is 25.5. The molecule has 44 heavy (non-hydrogen) atoms. The molecule has 5 aromatic carbocycles. The Kier molecular flexibility index (Phi) is 5.54. The molecule has 0 amide bonds. The van der Waals surface area contributed by atoms with Crippen molar-refractivity contribution in [1.29, 1.82) is 0 Å². The summed E-state index contributed by atoms with van der Waals surface area (Å²) in [6.07, 6.45) is 3.12. The van der Waals surface area contributed by atoms with Crippen LogP contribution in [0.5, 0.6) is 0 Å². The van der Waals surface area contributed by atoms with E-state index in [-0.39, 0.29) is 26.6 Å². The van der Waals surface area contributed by atoms with E-state index in [4.69, 9.17) is 8.22 Å². The van der Waals surface area contributed by atoms with Gasteiger partial charge in [-0.1, -0.05) is 59.4 Å². The van der Waals surface area contributed by atoms with Crippen molar-refractivity contribution in [3.8, 4) is 11.5 Å². The number of pyridine rings is 1. The first-order chi connectivity index (χ1) is 23.6. The van der Waals surface area contributed by atoms with E-state index < -0.39 is 13.8 Å². The van der Waals surface area contributed by atoms with Gasteiger partial charge >= 0.3 is 0 Å². The topological polar surface area (TPSA) is 30.9 Å². The summed E-state index contributed by atoms with van der Waals surface area (Å²) < 4.78 is 53.5. The van der Waals surface area contributed by atoms with Crippen molar-refractivity contribution in [2.75, 3.05) is 4.90 Å². The molecule has 0 aliphatic rings. The van der Waals surface area contributed by atoms with Crippen molar-refractivity contribution >= 4 is 49.9 Å². The maximum Gasteiger partial charge on any atom is 0.188 e. The molecule has 0 N–H and O–H groups in total. The van der Waals surface area contributed by atoms with Crippen molar-refractivity contribution in [2.24, 2.45) is 6.98 Å². The summed E-state index contributed by atoms with van der Waals surface area (Å²) in [5, 5.41) is 1.93. The molecule has 0 unspecified atom stereocenters. The molecule has 0 radical (unpaired) electrons. The first-order valence-corrected chi connectivity index (χ1v) is 13.9. The van der Waals surface area contributed by atoms with Gasteiger partial charge in [-0.2, -0.15) is 12.1 Å². The minimum Gasteiger partial charge on any atom is -0.358 e. The number of hydrogen-bond acceptors (Lipinski definition) is 2. The summed E-state index contributed by atoms with van der Waals surface area (Å²) >= 11 is 0. The van der Waals surface area contributed by atoms with Gasteiger partial charge in [0.2, 0.25) is 0 Å². The standard InChI is InChI=1S/C38H28N5.Pt/c1-27-21-22-39-38(23-27)43-34-16-7-6-15-32(34)33-20-19-31(25-37(33)43)42(28-11-4-3-5-12-28)30-14-10-13-29(24-30)41-26-40(2)35-17-8-9-18-36(35)41;/h3-23,26H,1-2H3;/q-1;/i1D3,2D3;. The van der Waals surface area contributed by atoms with Gasteiger partial charge in [0.1, 0.15) is 5.82 Å². The van der Waals surface area contributed by atoms with Crippen LogP contribution in [0.1, 0.15) is 13.8 Å². The van der Waals surface area contributed by atoms with Crippen LogP contribution in [0.2, 0.25) is 0 Å². The largest absolute Gasteiger partial charge is 0.358 e. The second-order valence-electron chi connectivity index (χ2n) is 10.3. The Morgan fingerprint density at radius 2 is 1.50 bits per heavy atom. The predicted molar refractivity (Wildman–Crippen MR) is 176 cm³/mol. The molecule has 6 heteroatoms.